The Balaban J connectivity index is 3.04. The number of halogens is 1. The molecule has 1 rings (SSSR count). The molecule has 0 amide bonds. The summed E-state index contributed by atoms with van der Waals surface area (Å²) in [6, 6.07) is 6.85. The fourth-order valence-corrected chi connectivity index (χ4v) is 1.32. The number of benzene rings is 1. The zero-order valence-corrected chi connectivity index (χ0v) is 7.97. The van der Waals surface area contributed by atoms with Crippen molar-refractivity contribution >= 4 is 22.6 Å². The lowest BCUT2D eigenvalue weighted by Gasteiger charge is -2.02. The lowest BCUT2D eigenvalue weighted by atomic mass is 10.0. The molecule has 0 aliphatic carbocycles. The van der Waals surface area contributed by atoms with Crippen LogP contribution in [0.2, 0.25) is 0 Å². The van der Waals surface area contributed by atoms with E-state index in [0.29, 0.717) is 11.1 Å². The molecule has 0 aliphatic rings. The Labute approximate surface area is 81.5 Å². The second kappa shape index (κ2) is 4.19. The average molecular weight is 197 g/mol. The third-order valence-corrected chi connectivity index (χ3v) is 1.87. The van der Waals surface area contributed by atoms with Crippen molar-refractivity contribution in [3.8, 4) is 0 Å². The van der Waals surface area contributed by atoms with E-state index in [-0.39, 0.29) is 12.2 Å². The first-order valence-electron chi connectivity index (χ1n) is 3.88. The molecule has 13 heavy (non-hydrogen) atoms. The van der Waals surface area contributed by atoms with Crippen molar-refractivity contribution in [2.45, 2.75) is 13.3 Å². The molecule has 0 saturated carbocycles. The number of hydrogen-bond acceptors (Lipinski definition) is 2. The minimum atomic E-state index is -0.517. The van der Waals surface area contributed by atoms with Gasteiger partial charge < -0.3 is 0 Å². The van der Waals surface area contributed by atoms with E-state index in [1.165, 1.54) is 6.92 Å². The van der Waals surface area contributed by atoms with Gasteiger partial charge in [-0.1, -0.05) is 18.2 Å². The van der Waals surface area contributed by atoms with Crippen molar-refractivity contribution in [3.63, 3.8) is 0 Å². The quantitative estimate of drug-likeness (QED) is 0.695. The molecule has 0 atom stereocenters. The van der Waals surface area contributed by atoms with Crippen LogP contribution in [0.15, 0.2) is 24.3 Å². The van der Waals surface area contributed by atoms with Crippen LogP contribution >= 0.6 is 11.6 Å². The third-order valence-electron chi connectivity index (χ3n) is 1.67. The van der Waals surface area contributed by atoms with Crippen LogP contribution < -0.4 is 0 Å². The molecule has 68 valence electrons. The van der Waals surface area contributed by atoms with E-state index in [1.807, 2.05) is 0 Å². The molecule has 3 heteroatoms. The maximum Gasteiger partial charge on any atom is 0.252 e. The molecule has 1 aromatic rings. The topological polar surface area (TPSA) is 34.1 Å². The first-order chi connectivity index (χ1) is 6.11. The Morgan fingerprint density at radius 2 is 1.92 bits per heavy atom. The molecule has 0 radical (unpaired) electrons. The summed E-state index contributed by atoms with van der Waals surface area (Å²) < 4.78 is 0. The number of rotatable bonds is 3. The van der Waals surface area contributed by atoms with Crippen LogP contribution in [0.3, 0.4) is 0 Å². The lowest BCUT2D eigenvalue weighted by molar-refractivity contribution is -0.116. The molecule has 0 aliphatic heterocycles. The Kier molecular flexibility index (Phi) is 3.20. The van der Waals surface area contributed by atoms with Crippen molar-refractivity contribution in [2.24, 2.45) is 0 Å². The van der Waals surface area contributed by atoms with Crippen LogP contribution in [-0.2, 0) is 11.2 Å². The Bertz CT molecular complexity index is 345. The zero-order chi connectivity index (χ0) is 9.84. The first kappa shape index (κ1) is 9.93. The van der Waals surface area contributed by atoms with Crippen LogP contribution in [0.5, 0.6) is 0 Å². The van der Waals surface area contributed by atoms with Crippen LogP contribution in [0.4, 0.5) is 0 Å². The summed E-state index contributed by atoms with van der Waals surface area (Å²) in [7, 11) is 0. The Morgan fingerprint density at radius 1 is 1.31 bits per heavy atom. The number of hydrogen-bond donors (Lipinski definition) is 0. The highest BCUT2D eigenvalue weighted by Gasteiger charge is 2.08. The van der Waals surface area contributed by atoms with Gasteiger partial charge in [-0.05, 0) is 30.2 Å². The smallest absolute Gasteiger partial charge is 0.252 e. The van der Waals surface area contributed by atoms with Gasteiger partial charge in [-0.25, -0.2) is 0 Å². The van der Waals surface area contributed by atoms with Crippen molar-refractivity contribution in [1.29, 1.82) is 0 Å². The van der Waals surface area contributed by atoms with Gasteiger partial charge in [-0.2, -0.15) is 0 Å². The average Bonchev–Trinajstić information content (AvgIpc) is 2.03. The largest absolute Gasteiger partial charge is 0.300 e. The molecule has 0 fully saturated rings. The number of ketones is 1. The maximum atomic E-state index is 10.9. The fraction of sp³-hybridized carbons (Fsp3) is 0.200. The van der Waals surface area contributed by atoms with Crippen LogP contribution in [0.1, 0.15) is 22.8 Å². The van der Waals surface area contributed by atoms with Crippen molar-refractivity contribution in [2.75, 3.05) is 0 Å². The van der Waals surface area contributed by atoms with Crippen molar-refractivity contribution in [3.05, 3.63) is 35.4 Å². The normalized spacial score (nSPS) is 9.69. The van der Waals surface area contributed by atoms with Gasteiger partial charge >= 0.3 is 0 Å². The van der Waals surface area contributed by atoms with Gasteiger partial charge in [0.05, 0.1) is 0 Å². The molecule has 0 spiro atoms. The number of carbonyl (C=O) groups is 2. The summed E-state index contributed by atoms with van der Waals surface area (Å²) in [4.78, 5) is 21.7. The minimum Gasteiger partial charge on any atom is -0.300 e. The van der Waals surface area contributed by atoms with Gasteiger partial charge in [-0.3, -0.25) is 9.59 Å². The van der Waals surface area contributed by atoms with Crippen LogP contribution in [-0.4, -0.2) is 11.0 Å². The van der Waals surface area contributed by atoms with E-state index in [2.05, 4.69) is 0 Å². The molecule has 0 aromatic heterocycles. The molecule has 0 N–H and O–H groups in total. The SMILES string of the molecule is CC(=O)Cc1ccccc1C(=O)Cl. The van der Waals surface area contributed by atoms with Gasteiger partial charge in [-0.15, -0.1) is 0 Å². The maximum absolute atomic E-state index is 10.9. The monoisotopic (exact) mass is 196 g/mol. The Morgan fingerprint density at radius 3 is 2.46 bits per heavy atom. The van der Waals surface area contributed by atoms with Crippen LogP contribution in [0.25, 0.3) is 0 Å². The second-order valence-electron chi connectivity index (χ2n) is 2.81. The molecule has 0 unspecified atom stereocenters. The molecular weight excluding hydrogens is 188 g/mol. The highest BCUT2D eigenvalue weighted by atomic mass is 35.5. The highest BCUT2D eigenvalue weighted by molar-refractivity contribution is 6.67. The van der Waals surface area contributed by atoms with Gasteiger partial charge in [0, 0.05) is 12.0 Å². The first-order valence-corrected chi connectivity index (χ1v) is 4.26. The molecule has 2 nitrogen and oxygen atoms in total. The number of Topliss-reactive ketones (excluding diaryl/α,β-unsaturated/α-hetero) is 1. The highest BCUT2D eigenvalue weighted by Crippen LogP contribution is 2.12. The predicted octanol–water partition coefficient (Wildman–Crippen LogP) is 2.20. The summed E-state index contributed by atoms with van der Waals surface area (Å²) in [6.45, 7) is 1.48. The van der Waals surface area contributed by atoms with E-state index in [9.17, 15) is 9.59 Å². The fourth-order valence-electron chi connectivity index (χ4n) is 1.13. The van der Waals surface area contributed by atoms with Gasteiger partial charge in [0.25, 0.3) is 5.24 Å². The predicted molar refractivity (Wildman–Crippen MR) is 51.0 cm³/mol. The molecule has 1 aromatic carbocycles. The molecular formula is C10H9ClO2. The van der Waals surface area contributed by atoms with Gasteiger partial charge in [0.1, 0.15) is 5.78 Å². The van der Waals surface area contributed by atoms with Crippen molar-refractivity contribution < 1.29 is 9.59 Å². The summed E-state index contributed by atoms with van der Waals surface area (Å²) in [6.07, 6.45) is 0.259. The molecule has 0 bridgehead atoms. The van der Waals surface area contributed by atoms with Gasteiger partial charge in [0.2, 0.25) is 0 Å². The van der Waals surface area contributed by atoms with E-state index in [1.54, 1.807) is 24.3 Å². The van der Waals surface area contributed by atoms with E-state index < -0.39 is 5.24 Å². The van der Waals surface area contributed by atoms with Gasteiger partial charge in [0.15, 0.2) is 0 Å². The molecule has 0 heterocycles. The minimum absolute atomic E-state index is 0.0189. The van der Waals surface area contributed by atoms with E-state index in [0.717, 1.165) is 0 Å². The van der Waals surface area contributed by atoms with Crippen LogP contribution in [0, 0.1) is 0 Å². The Hall–Kier alpha value is -1.15. The second-order valence-corrected chi connectivity index (χ2v) is 3.15. The van der Waals surface area contributed by atoms with E-state index in [4.69, 9.17) is 11.6 Å². The molecule has 0 saturated heterocycles. The standard InChI is InChI=1S/C10H9ClO2/c1-7(12)6-8-4-2-3-5-9(8)10(11)13/h2-5H,6H2,1H3. The summed E-state index contributed by atoms with van der Waals surface area (Å²) >= 11 is 5.34. The summed E-state index contributed by atoms with van der Waals surface area (Å²) in [5.41, 5.74) is 1.11. The summed E-state index contributed by atoms with van der Waals surface area (Å²) in [5, 5.41) is -0.517. The van der Waals surface area contributed by atoms with E-state index >= 15 is 0 Å². The zero-order valence-electron chi connectivity index (χ0n) is 7.21. The van der Waals surface area contributed by atoms with Crippen molar-refractivity contribution in [1.82, 2.24) is 0 Å². The number of carbonyl (C=O) groups excluding carboxylic acids is 2. The summed E-state index contributed by atoms with van der Waals surface area (Å²) in [5.74, 6) is 0.0189. The lowest BCUT2D eigenvalue weighted by Crippen LogP contribution is -2.02. The third kappa shape index (κ3) is 2.67.